The van der Waals surface area contributed by atoms with E-state index in [4.69, 9.17) is 0 Å². The van der Waals surface area contributed by atoms with Gasteiger partial charge in [-0.05, 0) is 73.1 Å². The van der Waals surface area contributed by atoms with Gasteiger partial charge >= 0.3 is 0 Å². The molecule has 2 heteroatoms. The van der Waals surface area contributed by atoms with Crippen molar-refractivity contribution in [3.8, 4) is 0 Å². The highest BCUT2D eigenvalue weighted by Crippen LogP contribution is 2.61. The molecule has 0 spiro atoms. The summed E-state index contributed by atoms with van der Waals surface area (Å²) in [7, 11) is 0. The van der Waals surface area contributed by atoms with Crippen LogP contribution in [0.5, 0.6) is 0 Å². The van der Waals surface area contributed by atoms with Crippen molar-refractivity contribution in [1.82, 2.24) is 5.32 Å². The molecule has 3 aliphatic rings. The molecule has 1 nitrogen and oxygen atoms in total. The van der Waals surface area contributed by atoms with E-state index in [1.807, 2.05) is 6.07 Å². The van der Waals surface area contributed by atoms with Crippen LogP contribution in [0.25, 0.3) is 0 Å². The summed E-state index contributed by atoms with van der Waals surface area (Å²) in [6.07, 6.45) is 7.92. The normalized spacial score (nSPS) is 28.2. The van der Waals surface area contributed by atoms with Crippen molar-refractivity contribution in [2.45, 2.75) is 44.6 Å². The molecule has 2 fully saturated rings. The second kappa shape index (κ2) is 3.80. The molecule has 1 unspecified atom stereocenters. The summed E-state index contributed by atoms with van der Waals surface area (Å²) in [5.41, 5.74) is 3.20. The van der Waals surface area contributed by atoms with Crippen molar-refractivity contribution in [3.63, 3.8) is 0 Å². The fraction of sp³-hybridized carbons (Fsp3) is 0.625. The van der Waals surface area contributed by atoms with E-state index in [9.17, 15) is 4.39 Å². The van der Waals surface area contributed by atoms with Gasteiger partial charge in [0.1, 0.15) is 5.82 Å². The van der Waals surface area contributed by atoms with Crippen LogP contribution in [0.3, 0.4) is 0 Å². The van der Waals surface area contributed by atoms with Gasteiger partial charge in [-0.3, -0.25) is 0 Å². The van der Waals surface area contributed by atoms with E-state index < -0.39 is 0 Å². The number of hydrogen-bond donors (Lipinski definition) is 1. The molecular weight excluding hydrogens is 225 g/mol. The van der Waals surface area contributed by atoms with Gasteiger partial charge in [-0.1, -0.05) is 6.07 Å². The standard InChI is InChI=1S/C16H20FN/c17-13-4-5-14-11(9-13)1-6-15(14)18-10-16(7-8-16)12-2-3-12/h4-5,9,12,15,18H,1-3,6-8,10H2. The number of rotatable bonds is 4. The zero-order valence-corrected chi connectivity index (χ0v) is 10.7. The van der Waals surface area contributed by atoms with E-state index in [2.05, 4.69) is 5.32 Å². The van der Waals surface area contributed by atoms with Gasteiger partial charge in [0, 0.05) is 12.6 Å². The summed E-state index contributed by atoms with van der Waals surface area (Å²) in [5.74, 6) is 0.921. The van der Waals surface area contributed by atoms with Crippen molar-refractivity contribution >= 4 is 0 Å². The summed E-state index contributed by atoms with van der Waals surface area (Å²) in [6.45, 7) is 1.18. The molecule has 1 N–H and O–H groups in total. The first-order chi connectivity index (χ1) is 8.77. The maximum Gasteiger partial charge on any atom is 0.123 e. The molecule has 1 aromatic rings. The molecule has 0 saturated heterocycles. The Morgan fingerprint density at radius 2 is 2.06 bits per heavy atom. The summed E-state index contributed by atoms with van der Waals surface area (Å²) in [6, 6.07) is 5.76. The van der Waals surface area contributed by atoms with Gasteiger partial charge in [-0.25, -0.2) is 4.39 Å². The quantitative estimate of drug-likeness (QED) is 0.854. The number of benzene rings is 1. The van der Waals surface area contributed by atoms with Gasteiger partial charge in [0.25, 0.3) is 0 Å². The van der Waals surface area contributed by atoms with Crippen LogP contribution in [0.1, 0.15) is 49.3 Å². The summed E-state index contributed by atoms with van der Waals surface area (Å²) < 4.78 is 13.2. The molecule has 3 aliphatic carbocycles. The second-order valence-electron chi connectivity index (χ2n) is 6.45. The van der Waals surface area contributed by atoms with Crippen molar-refractivity contribution in [2.24, 2.45) is 11.3 Å². The molecule has 0 amide bonds. The minimum Gasteiger partial charge on any atom is -0.309 e. The summed E-state index contributed by atoms with van der Waals surface area (Å²) in [4.78, 5) is 0. The lowest BCUT2D eigenvalue weighted by Gasteiger charge is -2.20. The Bertz CT molecular complexity index is 474. The van der Waals surface area contributed by atoms with Crippen molar-refractivity contribution in [1.29, 1.82) is 0 Å². The lowest BCUT2D eigenvalue weighted by atomic mass is 9.99. The second-order valence-corrected chi connectivity index (χ2v) is 6.45. The SMILES string of the molecule is Fc1ccc2c(c1)CCC2NCC1(C2CC2)CC1. The molecule has 18 heavy (non-hydrogen) atoms. The average Bonchev–Trinajstić information content (AvgIpc) is 3.24. The first kappa shape index (κ1) is 11.0. The number of fused-ring (bicyclic) bond motifs is 1. The smallest absolute Gasteiger partial charge is 0.123 e. The van der Waals surface area contributed by atoms with E-state index in [0.717, 1.165) is 18.8 Å². The van der Waals surface area contributed by atoms with Crippen LogP contribution < -0.4 is 5.32 Å². The predicted molar refractivity (Wildman–Crippen MR) is 69.9 cm³/mol. The minimum atomic E-state index is -0.0916. The molecule has 0 heterocycles. The highest BCUT2D eigenvalue weighted by molar-refractivity contribution is 5.35. The Labute approximate surface area is 108 Å². The van der Waals surface area contributed by atoms with Crippen molar-refractivity contribution < 1.29 is 4.39 Å². The first-order valence-corrected chi connectivity index (χ1v) is 7.29. The molecule has 0 aromatic heterocycles. The van der Waals surface area contributed by atoms with Gasteiger partial charge in [-0.15, -0.1) is 0 Å². The summed E-state index contributed by atoms with van der Waals surface area (Å²) in [5, 5.41) is 3.76. The Morgan fingerprint density at radius 1 is 1.22 bits per heavy atom. The van der Waals surface area contributed by atoms with E-state index >= 15 is 0 Å². The average molecular weight is 245 g/mol. The fourth-order valence-corrected chi connectivity index (χ4v) is 3.71. The zero-order valence-electron chi connectivity index (χ0n) is 10.7. The van der Waals surface area contributed by atoms with Gasteiger partial charge in [0.05, 0.1) is 0 Å². The third kappa shape index (κ3) is 1.78. The molecule has 0 bridgehead atoms. The Kier molecular flexibility index (Phi) is 2.32. The van der Waals surface area contributed by atoms with Crippen LogP contribution in [-0.4, -0.2) is 6.54 Å². The molecule has 0 aliphatic heterocycles. The van der Waals surface area contributed by atoms with E-state index in [1.54, 1.807) is 12.1 Å². The number of aryl methyl sites for hydroxylation is 1. The fourth-order valence-electron chi connectivity index (χ4n) is 3.71. The highest BCUT2D eigenvalue weighted by atomic mass is 19.1. The minimum absolute atomic E-state index is 0.0916. The Balaban J connectivity index is 1.45. The molecule has 2 saturated carbocycles. The third-order valence-electron chi connectivity index (χ3n) is 5.22. The van der Waals surface area contributed by atoms with Crippen LogP contribution in [-0.2, 0) is 6.42 Å². The molecule has 4 rings (SSSR count). The molecule has 96 valence electrons. The highest BCUT2D eigenvalue weighted by Gasteiger charge is 2.53. The maximum absolute atomic E-state index is 13.2. The molecule has 1 atom stereocenters. The van der Waals surface area contributed by atoms with Gasteiger partial charge in [0.2, 0.25) is 0 Å². The largest absolute Gasteiger partial charge is 0.309 e. The Morgan fingerprint density at radius 3 is 2.78 bits per heavy atom. The topological polar surface area (TPSA) is 12.0 Å². The van der Waals surface area contributed by atoms with Crippen molar-refractivity contribution in [3.05, 3.63) is 35.1 Å². The lowest BCUT2D eigenvalue weighted by Crippen LogP contribution is -2.28. The van der Waals surface area contributed by atoms with Crippen molar-refractivity contribution in [2.75, 3.05) is 6.54 Å². The van der Waals surface area contributed by atoms with Crippen LogP contribution in [0.15, 0.2) is 18.2 Å². The lowest BCUT2D eigenvalue weighted by molar-refractivity contribution is 0.373. The van der Waals surface area contributed by atoms with Crippen LogP contribution in [0.4, 0.5) is 4.39 Å². The summed E-state index contributed by atoms with van der Waals surface area (Å²) >= 11 is 0. The number of hydrogen-bond acceptors (Lipinski definition) is 1. The third-order valence-corrected chi connectivity index (χ3v) is 5.22. The monoisotopic (exact) mass is 245 g/mol. The van der Waals surface area contributed by atoms with E-state index in [0.29, 0.717) is 11.5 Å². The molecule has 1 aromatic carbocycles. The van der Waals surface area contributed by atoms with E-state index in [1.165, 1.54) is 43.4 Å². The first-order valence-electron chi connectivity index (χ1n) is 7.29. The molecule has 0 radical (unpaired) electrons. The number of halogens is 1. The predicted octanol–water partition coefficient (Wildman–Crippen LogP) is 3.59. The number of nitrogens with one attached hydrogen (secondary N) is 1. The van der Waals surface area contributed by atoms with Crippen LogP contribution in [0.2, 0.25) is 0 Å². The maximum atomic E-state index is 13.2. The van der Waals surface area contributed by atoms with Crippen LogP contribution in [0, 0.1) is 17.2 Å². The van der Waals surface area contributed by atoms with E-state index in [-0.39, 0.29) is 5.82 Å². The van der Waals surface area contributed by atoms with Crippen LogP contribution >= 0.6 is 0 Å². The molecular formula is C16H20FN. The zero-order chi connectivity index (χ0) is 12.2. The van der Waals surface area contributed by atoms with Gasteiger partial charge < -0.3 is 5.32 Å². The van der Waals surface area contributed by atoms with Gasteiger partial charge in [-0.2, -0.15) is 0 Å². The van der Waals surface area contributed by atoms with Gasteiger partial charge in [0.15, 0.2) is 0 Å². The Hall–Kier alpha value is -0.890.